The van der Waals surface area contributed by atoms with Gasteiger partial charge < -0.3 is 15.0 Å². The Morgan fingerprint density at radius 3 is 2.11 bits per heavy atom. The van der Waals surface area contributed by atoms with Gasteiger partial charge in [-0.2, -0.15) is 0 Å². The van der Waals surface area contributed by atoms with Crippen molar-refractivity contribution in [3.05, 3.63) is 173 Å². The fourth-order valence-corrected chi connectivity index (χ4v) is 8.37. The van der Waals surface area contributed by atoms with E-state index in [4.69, 9.17) is 4.74 Å². The van der Waals surface area contributed by atoms with Crippen molar-refractivity contribution in [2.45, 2.75) is 16.3 Å². The summed E-state index contributed by atoms with van der Waals surface area (Å²) in [4.78, 5) is 29.6. The van der Waals surface area contributed by atoms with Gasteiger partial charge in [0.05, 0.1) is 9.82 Å². The number of piperazine rings is 1. The minimum atomic E-state index is -4.40. The van der Waals surface area contributed by atoms with Crippen molar-refractivity contribution < 1.29 is 22.9 Å². The second-order valence-electron chi connectivity index (χ2n) is 13.4. The molecule has 0 aromatic heterocycles. The lowest BCUT2D eigenvalue weighted by molar-refractivity contribution is -0.384. The molecule has 0 spiro atoms. The maximum absolute atomic E-state index is 13.2. The van der Waals surface area contributed by atoms with E-state index in [-0.39, 0.29) is 16.1 Å². The molecule has 6 aromatic rings. The molecule has 1 fully saturated rings. The van der Waals surface area contributed by atoms with Crippen LogP contribution >= 0.6 is 11.8 Å². The van der Waals surface area contributed by atoms with Crippen molar-refractivity contribution in [3.63, 3.8) is 0 Å². The van der Waals surface area contributed by atoms with E-state index in [2.05, 4.69) is 56.2 Å². The molecule has 1 saturated heterocycles. The Balaban J connectivity index is 0.913. The van der Waals surface area contributed by atoms with Gasteiger partial charge in [0.15, 0.2) is 0 Å². The minimum Gasteiger partial charge on any atom is -0.457 e. The molecule has 57 heavy (non-hydrogen) atoms. The van der Waals surface area contributed by atoms with E-state index in [1.165, 1.54) is 23.3 Å². The van der Waals surface area contributed by atoms with Crippen molar-refractivity contribution in [1.82, 2.24) is 9.62 Å². The number of para-hydroxylation sites is 1. The highest BCUT2D eigenvalue weighted by molar-refractivity contribution is 7.99. The zero-order chi connectivity index (χ0) is 39.6. The van der Waals surface area contributed by atoms with Crippen molar-refractivity contribution in [1.29, 1.82) is 0 Å². The van der Waals surface area contributed by atoms with Crippen LogP contribution in [-0.2, 0) is 16.6 Å². The van der Waals surface area contributed by atoms with Gasteiger partial charge in [-0.1, -0.05) is 72.8 Å². The number of hydrogen-bond donors (Lipinski definition) is 2. The maximum atomic E-state index is 13.2. The predicted octanol–water partition coefficient (Wildman–Crippen LogP) is 8.70. The number of carbonyl (C=O) groups is 1. The Morgan fingerprint density at radius 2 is 1.40 bits per heavy atom. The predicted molar refractivity (Wildman–Crippen MR) is 226 cm³/mol. The highest BCUT2D eigenvalue weighted by Gasteiger charge is 2.25. The van der Waals surface area contributed by atoms with Crippen LogP contribution in [0.2, 0.25) is 0 Å². The molecule has 0 atom stereocenters. The fourth-order valence-electron chi connectivity index (χ4n) is 6.59. The van der Waals surface area contributed by atoms with Gasteiger partial charge >= 0.3 is 0 Å². The lowest BCUT2D eigenvalue weighted by Gasteiger charge is -2.36. The third kappa shape index (κ3) is 10.2. The first-order valence-electron chi connectivity index (χ1n) is 18.5. The van der Waals surface area contributed by atoms with Gasteiger partial charge in [0.1, 0.15) is 17.2 Å². The molecule has 0 unspecified atom stereocenters. The van der Waals surface area contributed by atoms with Crippen molar-refractivity contribution in [2.24, 2.45) is 0 Å². The van der Waals surface area contributed by atoms with E-state index in [1.54, 1.807) is 36.0 Å². The number of sulfonamides is 1. The molecule has 6 aromatic carbocycles. The van der Waals surface area contributed by atoms with Crippen LogP contribution in [0.25, 0.3) is 11.1 Å². The molecule has 2 N–H and O–H groups in total. The maximum Gasteiger partial charge on any atom is 0.293 e. The molecule has 1 aliphatic heterocycles. The van der Waals surface area contributed by atoms with Gasteiger partial charge in [-0.25, -0.2) is 13.1 Å². The van der Waals surface area contributed by atoms with Gasteiger partial charge in [-0.15, -0.1) is 11.8 Å². The van der Waals surface area contributed by atoms with Crippen LogP contribution in [0.3, 0.4) is 0 Å². The summed E-state index contributed by atoms with van der Waals surface area (Å²) in [5.41, 5.74) is 4.41. The minimum absolute atomic E-state index is 0.154. The zero-order valence-corrected chi connectivity index (χ0v) is 32.6. The van der Waals surface area contributed by atoms with E-state index in [9.17, 15) is 23.3 Å². The lowest BCUT2D eigenvalue weighted by atomic mass is 9.99. The molecule has 290 valence electrons. The summed E-state index contributed by atoms with van der Waals surface area (Å²) in [6, 6.07) is 46.4. The second kappa shape index (κ2) is 18.2. The van der Waals surface area contributed by atoms with Crippen molar-refractivity contribution >= 4 is 44.8 Å². The summed E-state index contributed by atoms with van der Waals surface area (Å²) in [6.45, 7) is 4.46. The number of nitro groups is 1. The largest absolute Gasteiger partial charge is 0.457 e. The number of nitrogens with one attached hydrogen (secondary N) is 2. The summed E-state index contributed by atoms with van der Waals surface area (Å²) in [6.07, 6.45) is 0. The van der Waals surface area contributed by atoms with Crippen LogP contribution < -0.4 is 19.7 Å². The second-order valence-corrected chi connectivity index (χ2v) is 16.2. The molecule has 13 heteroatoms. The number of carbonyl (C=O) groups excluding carboxylic acids is 1. The third-order valence-electron chi connectivity index (χ3n) is 9.56. The topological polar surface area (TPSA) is 134 Å². The first-order chi connectivity index (χ1) is 27.7. The van der Waals surface area contributed by atoms with E-state index in [0.717, 1.165) is 66.4 Å². The number of nitro benzene ring substituents is 1. The number of nitrogens with zero attached hydrogens (tertiary/aromatic N) is 3. The molecule has 0 saturated carbocycles. The van der Waals surface area contributed by atoms with Gasteiger partial charge in [0, 0.05) is 67.2 Å². The first kappa shape index (κ1) is 39.1. The van der Waals surface area contributed by atoms with E-state index in [0.29, 0.717) is 12.3 Å². The number of amides is 1. The molecular weight excluding hydrogens is 759 g/mol. The quantitative estimate of drug-likeness (QED) is 0.0450. The number of rotatable bonds is 15. The molecule has 1 heterocycles. The van der Waals surface area contributed by atoms with E-state index >= 15 is 0 Å². The Labute approximate surface area is 336 Å². The van der Waals surface area contributed by atoms with Crippen LogP contribution in [-0.4, -0.2) is 62.6 Å². The molecule has 0 aliphatic carbocycles. The van der Waals surface area contributed by atoms with E-state index < -0.39 is 26.5 Å². The standard InChI is InChI=1S/C44H41N5O6S2/c50-44(46-57(53,54)40-23-24-42(43(31-40)49(51)52)45-25-30-56-39-12-5-2-6-13-39)34-15-19-36(20-16-34)48-28-26-47(27-29-48)32-35-9-7-8-14-41(35)33-17-21-38(22-18-33)55-37-10-3-1-4-11-37/h1-24,31,45H,25-30,32H2,(H,46,50). The summed E-state index contributed by atoms with van der Waals surface area (Å²) < 4.78 is 34.4. The number of hydrogen-bond acceptors (Lipinski definition) is 10. The van der Waals surface area contributed by atoms with Crippen LogP contribution in [0, 0.1) is 10.1 Å². The zero-order valence-electron chi connectivity index (χ0n) is 31.0. The summed E-state index contributed by atoms with van der Waals surface area (Å²) in [7, 11) is -4.40. The Morgan fingerprint density at radius 1 is 0.754 bits per heavy atom. The Hall–Kier alpha value is -6.15. The molecule has 0 radical (unpaired) electrons. The lowest BCUT2D eigenvalue weighted by Crippen LogP contribution is -2.46. The Kier molecular flexibility index (Phi) is 12.5. The summed E-state index contributed by atoms with van der Waals surface area (Å²) >= 11 is 1.59. The van der Waals surface area contributed by atoms with Crippen molar-refractivity contribution in [3.8, 4) is 22.6 Å². The van der Waals surface area contributed by atoms with Crippen LogP contribution in [0.4, 0.5) is 17.1 Å². The molecule has 1 amide bonds. The van der Waals surface area contributed by atoms with Gasteiger partial charge in [-0.3, -0.25) is 19.8 Å². The number of thioether (sulfide) groups is 1. The van der Waals surface area contributed by atoms with Gasteiger partial charge in [0.2, 0.25) is 0 Å². The van der Waals surface area contributed by atoms with Gasteiger partial charge in [-0.05, 0) is 89.5 Å². The summed E-state index contributed by atoms with van der Waals surface area (Å²) in [5, 5.41) is 14.9. The van der Waals surface area contributed by atoms with Gasteiger partial charge in [0.25, 0.3) is 21.6 Å². The normalized spacial score (nSPS) is 13.2. The molecule has 0 bridgehead atoms. The average molecular weight is 800 g/mol. The van der Waals surface area contributed by atoms with Crippen LogP contribution in [0.15, 0.2) is 161 Å². The molecule has 1 aliphatic rings. The number of benzene rings is 6. The molecular formula is C44H41N5O6S2. The average Bonchev–Trinajstić information content (AvgIpc) is 3.24. The third-order valence-corrected chi connectivity index (χ3v) is 11.9. The van der Waals surface area contributed by atoms with Crippen LogP contribution in [0.5, 0.6) is 11.5 Å². The highest BCUT2D eigenvalue weighted by atomic mass is 32.2. The fraction of sp³-hybridized carbons (Fsp3) is 0.159. The molecule has 11 nitrogen and oxygen atoms in total. The smallest absolute Gasteiger partial charge is 0.293 e. The SMILES string of the molecule is O=C(NS(=O)(=O)c1ccc(NCCSc2ccccc2)c([N+](=O)[O-])c1)c1ccc(N2CCN(Cc3ccccc3-c3ccc(Oc4ccccc4)cc3)CC2)cc1. The number of anilines is 2. The van der Waals surface area contributed by atoms with E-state index in [1.807, 2.05) is 72.8 Å². The monoisotopic (exact) mass is 799 g/mol. The van der Waals surface area contributed by atoms with Crippen LogP contribution in [0.1, 0.15) is 15.9 Å². The highest BCUT2D eigenvalue weighted by Crippen LogP contribution is 2.30. The molecule has 7 rings (SSSR count). The number of ether oxygens (including phenoxy) is 1. The summed E-state index contributed by atoms with van der Waals surface area (Å²) in [5.74, 6) is 1.39. The Bertz CT molecular complexity index is 2410. The van der Waals surface area contributed by atoms with Crippen molar-refractivity contribution in [2.75, 3.05) is 48.7 Å². The first-order valence-corrected chi connectivity index (χ1v) is 20.9.